The van der Waals surface area contributed by atoms with Gasteiger partial charge in [0, 0.05) is 18.1 Å². The first-order chi connectivity index (χ1) is 12.8. The monoisotopic (exact) mass is 385 g/mol. The molecule has 2 aliphatic rings. The Morgan fingerprint density at radius 1 is 1.19 bits per heavy atom. The third kappa shape index (κ3) is 3.72. The summed E-state index contributed by atoms with van der Waals surface area (Å²) < 4.78 is 31.7. The first-order valence-electron chi connectivity index (χ1n) is 9.24. The zero-order chi connectivity index (χ0) is 19.3. The predicted molar refractivity (Wildman–Crippen MR) is 102 cm³/mol. The van der Waals surface area contributed by atoms with Gasteiger partial charge in [0.15, 0.2) is 15.6 Å². The molecular weight excluding hydrogens is 362 g/mol. The van der Waals surface area contributed by atoms with Crippen LogP contribution < -0.4 is 4.74 Å². The van der Waals surface area contributed by atoms with Crippen molar-refractivity contribution in [3.8, 4) is 17.6 Å². The highest BCUT2D eigenvalue weighted by Gasteiger charge is 2.39. The van der Waals surface area contributed by atoms with Crippen LogP contribution in [-0.4, -0.2) is 24.5 Å². The standard InChI is InChI=1S/C20H23N3O3S/c1-12-8-16(9-13(2)17(12)10-21)26-20-18(14-4-5-14)22-23(11-27(3,24)25)19(20)15-6-7-15/h8-9,14-15H,4-7,11H2,1-3H3. The topological polar surface area (TPSA) is 85.0 Å². The average molecular weight is 385 g/mol. The Morgan fingerprint density at radius 2 is 1.78 bits per heavy atom. The van der Waals surface area contributed by atoms with Gasteiger partial charge in [-0.15, -0.1) is 0 Å². The Labute approximate surface area is 159 Å². The van der Waals surface area contributed by atoms with Crippen molar-refractivity contribution in [2.75, 3.05) is 6.26 Å². The Hall–Kier alpha value is -2.33. The lowest BCUT2D eigenvalue weighted by molar-refractivity contribution is 0.467. The molecule has 0 bridgehead atoms. The Kier molecular flexibility index (Phi) is 4.26. The Balaban J connectivity index is 1.79. The fourth-order valence-corrected chi connectivity index (χ4v) is 4.20. The van der Waals surface area contributed by atoms with Crippen LogP contribution in [0.1, 0.15) is 65.6 Å². The second kappa shape index (κ2) is 6.38. The highest BCUT2D eigenvalue weighted by molar-refractivity contribution is 7.89. The Bertz CT molecular complexity index is 1030. The molecule has 0 saturated heterocycles. The zero-order valence-corrected chi connectivity index (χ0v) is 16.6. The molecule has 2 saturated carbocycles. The number of aryl methyl sites for hydroxylation is 2. The molecular formula is C20H23N3O3S. The van der Waals surface area contributed by atoms with E-state index >= 15 is 0 Å². The molecule has 4 rings (SSSR count). The third-order valence-electron chi connectivity index (χ3n) is 5.09. The highest BCUT2D eigenvalue weighted by atomic mass is 32.2. The predicted octanol–water partition coefficient (Wildman–Crippen LogP) is 3.92. The number of hydrogen-bond acceptors (Lipinski definition) is 5. The molecule has 142 valence electrons. The second-order valence-corrected chi connectivity index (χ2v) is 9.96. The van der Waals surface area contributed by atoms with E-state index in [1.165, 1.54) is 6.26 Å². The number of nitriles is 1. The van der Waals surface area contributed by atoms with Crippen LogP contribution >= 0.6 is 0 Å². The van der Waals surface area contributed by atoms with Crippen molar-refractivity contribution >= 4 is 9.84 Å². The maximum absolute atomic E-state index is 11.9. The summed E-state index contributed by atoms with van der Waals surface area (Å²) >= 11 is 0. The SMILES string of the molecule is Cc1cc(Oc2c(C3CC3)nn(CS(C)(=O)=O)c2C2CC2)cc(C)c1C#N. The van der Waals surface area contributed by atoms with Crippen LogP contribution in [0.5, 0.6) is 11.5 Å². The summed E-state index contributed by atoms with van der Waals surface area (Å²) in [6, 6.07) is 5.96. The first kappa shape index (κ1) is 18.1. The molecule has 2 fully saturated rings. The van der Waals surface area contributed by atoms with Crippen LogP contribution in [-0.2, 0) is 15.7 Å². The molecule has 0 radical (unpaired) electrons. The van der Waals surface area contributed by atoms with E-state index in [1.54, 1.807) is 4.68 Å². The van der Waals surface area contributed by atoms with Crippen molar-refractivity contribution < 1.29 is 13.2 Å². The van der Waals surface area contributed by atoms with Crippen LogP contribution in [0.25, 0.3) is 0 Å². The van der Waals surface area contributed by atoms with E-state index in [-0.39, 0.29) is 5.88 Å². The van der Waals surface area contributed by atoms with E-state index < -0.39 is 9.84 Å². The molecule has 27 heavy (non-hydrogen) atoms. The maximum atomic E-state index is 11.9. The lowest BCUT2D eigenvalue weighted by atomic mass is 10.0. The minimum atomic E-state index is -3.20. The van der Waals surface area contributed by atoms with Crippen molar-refractivity contribution in [1.82, 2.24) is 9.78 Å². The molecule has 0 aliphatic heterocycles. The van der Waals surface area contributed by atoms with Crippen LogP contribution in [0.4, 0.5) is 0 Å². The van der Waals surface area contributed by atoms with Crippen LogP contribution in [0.15, 0.2) is 12.1 Å². The largest absolute Gasteiger partial charge is 0.453 e. The highest BCUT2D eigenvalue weighted by Crippen LogP contribution is 2.52. The van der Waals surface area contributed by atoms with Crippen molar-refractivity contribution in [3.63, 3.8) is 0 Å². The zero-order valence-electron chi connectivity index (χ0n) is 15.8. The lowest BCUT2D eigenvalue weighted by Crippen LogP contribution is -2.13. The number of hydrogen-bond donors (Lipinski definition) is 0. The second-order valence-electron chi connectivity index (χ2n) is 7.85. The quantitative estimate of drug-likeness (QED) is 0.752. The summed E-state index contributed by atoms with van der Waals surface area (Å²) in [4.78, 5) is 0. The molecule has 2 aliphatic carbocycles. The smallest absolute Gasteiger partial charge is 0.172 e. The number of benzene rings is 1. The van der Waals surface area contributed by atoms with Crippen LogP contribution in [0.3, 0.4) is 0 Å². The number of aromatic nitrogens is 2. The molecule has 7 heteroatoms. The van der Waals surface area contributed by atoms with Gasteiger partial charge in [-0.25, -0.2) is 13.1 Å². The first-order valence-corrected chi connectivity index (χ1v) is 11.3. The van der Waals surface area contributed by atoms with Gasteiger partial charge in [0.1, 0.15) is 17.3 Å². The van der Waals surface area contributed by atoms with Gasteiger partial charge >= 0.3 is 0 Å². The molecule has 0 amide bonds. The number of ether oxygens (including phenoxy) is 1. The third-order valence-corrected chi connectivity index (χ3v) is 5.81. The Morgan fingerprint density at radius 3 is 2.26 bits per heavy atom. The van der Waals surface area contributed by atoms with E-state index in [2.05, 4.69) is 11.2 Å². The van der Waals surface area contributed by atoms with E-state index in [9.17, 15) is 13.7 Å². The van der Waals surface area contributed by atoms with Gasteiger partial charge in [-0.1, -0.05) is 0 Å². The minimum Gasteiger partial charge on any atom is -0.453 e. The summed E-state index contributed by atoms with van der Waals surface area (Å²) in [7, 11) is -3.20. The van der Waals surface area contributed by atoms with Crippen molar-refractivity contribution in [2.45, 2.75) is 57.2 Å². The lowest BCUT2D eigenvalue weighted by Gasteiger charge is -2.12. The molecule has 2 aromatic rings. The summed E-state index contributed by atoms with van der Waals surface area (Å²) in [5.74, 6) is 1.94. The van der Waals surface area contributed by atoms with Gasteiger partial charge in [0.25, 0.3) is 0 Å². The normalized spacial score (nSPS) is 17.0. The van der Waals surface area contributed by atoms with E-state index in [0.29, 0.717) is 23.1 Å². The van der Waals surface area contributed by atoms with Gasteiger partial charge in [-0.2, -0.15) is 10.4 Å². The van der Waals surface area contributed by atoms with Crippen LogP contribution in [0, 0.1) is 25.2 Å². The van der Waals surface area contributed by atoms with E-state index in [0.717, 1.165) is 53.9 Å². The van der Waals surface area contributed by atoms with Crippen molar-refractivity contribution in [3.05, 3.63) is 40.2 Å². The summed E-state index contributed by atoms with van der Waals surface area (Å²) in [5, 5.41) is 13.9. The fourth-order valence-electron chi connectivity index (χ4n) is 3.56. The number of sulfone groups is 1. The molecule has 0 atom stereocenters. The molecule has 6 nitrogen and oxygen atoms in total. The van der Waals surface area contributed by atoms with Crippen molar-refractivity contribution in [1.29, 1.82) is 5.26 Å². The molecule has 0 N–H and O–H groups in total. The molecule has 1 aromatic carbocycles. The van der Waals surface area contributed by atoms with Crippen LogP contribution in [0.2, 0.25) is 0 Å². The maximum Gasteiger partial charge on any atom is 0.172 e. The van der Waals surface area contributed by atoms with Gasteiger partial charge in [0.2, 0.25) is 0 Å². The summed E-state index contributed by atoms with van der Waals surface area (Å²) in [5.41, 5.74) is 4.19. The number of rotatable bonds is 6. The fraction of sp³-hybridized carbons (Fsp3) is 0.500. The average Bonchev–Trinajstić information content (AvgIpc) is 3.45. The molecule has 1 aromatic heterocycles. The van der Waals surface area contributed by atoms with Crippen molar-refractivity contribution in [2.24, 2.45) is 0 Å². The van der Waals surface area contributed by atoms with Gasteiger partial charge in [-0.3, -0.25) is 0 Å². The van der Waals surface area contributed by atoms with Gasteiger partial charge < -0.3 is 4.74 Å². The summed E-state index contributed by atoms with van der Waals surface area (Å²) in [6.45, 7) is 3.80. The summed E-state index contributed by atoms with van der Waals surface area (Å²) in [6.07, 6.45) is 5.41. The van der Waals surface area contributed by atoms with E-state index in [4.69, 9.17) is 4.74 Å². The molecule has 0 unspecified atom stereocenters. The van der Waals surface area contributed by atoms with Gasteiger partial charge in [0.05, 0.1) is 17.3 Å². The van der Waals surface area contributed by atoms with Gasteiger partial charge in [-0.05, 0) is 62.8 Å². The minimum absolute atomic E-state index is 0.118. The molecule has 0 spiro atoms. The number of nitrogens with zero attached hydrogens (tertiary/aromatic N) is 3. The molecule has 1 heterocycles. The van der Waals surface area contributed by atoms with E-state index in [1.807, 2.05) is 26.0 Å².